The Morgan fingerprint density at radius 3 is 1.41 bits per heavy atom. The average molecular weight is 308 g/mol. The molecule has 0 unspecified atom stereocenters. The predicted molar refractivity (Wildman–Crippen MR) is 86.2 cm³/mol. The smallest absolute Gasteiger partial charge is 0.308 e. The third-order valence-corrected chi connectivity index (χ3v) is 3.94. The summed E-state index contributed by atoms with van der Waals surface area (Å²) in [6, 6.07) is 0. The van der Waals surface area contributed by atoms with E-state index in [1.807, 2.05) is 13.8 Å². The number of esters is 2. The van der Waals surface area contributed by atoms with Crippen molar-refractivity contribution in [2.75, 3.05) is 13.2 Å². The first-order chi connectivity index (χ1) is 10.4. The molecule has 0 amide bonds. The molecule has 0 bridgehead atoms. The maximum Gasteiger partial charge on any atom is 0.308 e. The maximum atomic E-state index is 11.9. The van der Waals surface area contributed by atoms with Crippen LogP contribution in [-0.4, -0.2) is 25.2 Å². The SMILES string of the molecule is C=C(C)CCOC(=O)C1CCC(C(=O)OCCC(=C)C)CC1. The minimum absolute atomic E-state index is 0.0791. The van der Waals surface area contributed by atoms with E-state index in [9.17, 15) is 9.59 Å². The van der Waals surface area contributed by atoms with E-state index in [-0.39, 0.29) is 23.8 Å². The van der Waals surface area contributed by atoms with E-state index in [2.05, 4.69) is 13.2 Å². The highest BCUT2D eigenvalue weighted by atomic mass is 16.5. The lowest BCUT2D eigenvalue weighted by atomic mass is 9.82. The summed E-state index contributed by atoms with van der Waals surface area (Å²) < 4.78 is 10.5. The van der Waals surface area contributed by atoms with Gasteiger partial charge in [-0.05, 0) is 39.5 Å². The molecule has 0 aromatic heterocycles. The van der Waals surface area contributed by atoms with Gasteiger partial charge in [-0.2, -0.15) is 0 Å². The van der Waals surface area contributed by atoms with E-state index in [4.69, 9.17) is 9.47 Å². The van der Waals surface area contributed by atoms with Gasteiger partial charge in [-0.1, -0.05) is 11.1 Å². The third kappa shape index (κ3) is 6.92. The van der Waals surface area contributed by atoms with Gasteiger partial charge in [-0.25, -0.2) is 0 Å². The van der Waals surface area contributed by atoms with Gasteiger partial charge >= 0.3 is 11.9 Å². The van der Waals surface area contributed by atoms with Crippen LogP contribution in [-0.2, 0) is 19.1 Å². The van der Waals surface area contributed by atoms with E-state index < -0.39 is 0 Å². The molecule has 124 valence electrons. The summed E-state index contributed by atoms with van der Waals surface area (Å²) in [5.74, 6) is -0.445. The Labute approximate surface area is 133 Å². The maximum absolute atomic E-state index is 11.9. The van der Waals surface area contributed by atoms with E-state index in [0.717, 1.165) is 11.1 Å². The Balaban J connectivity index is 2.24. The fourth-order valence-electron chi connectivity index (χ4n) is 2.45. The van der Waals surface area contributed by atoms with Crippen LogP contribution in [0.2, 0.25) is 0 Å². The number of hydrogen-bond donors (Lipinski definition) is 0. The molecule has 0 N–H and O–H groups in total. The van der Waals surface area contributed by atoms with Gasteiger partial charge in [0.05, 0.1) is 25.0 Å². The second-order valence-corrected chi connectivity index (χ2v) is 6.30. The molecule has 0 spiro atoms. The van der Waals surface area contributed by atoms with E-state index in [1.54, 1.807) is 0 Å². The van der Waals surface area contributed by atoms with E-state index in [1.165, 1.54) is 0 Å². The molecule has 0 atom stereocenters. The second-order valence-electron chi connectivity index (χ2n) is 6.30. The summed E-state index contributed by atoms with van der Waals surface area (Å²) in [5.41, 5.74) is 2.02. The monoisotopic (exact) mass is 308 g/mol. The normalized spacial score (nSPS) is 21.0. The van der Waals surface area contributed by atoms with Gasteiger partial charge in [0.1, 0.15) is 0 Å². The zero-order valence-corrected chi connectivity index (χ0v) is 13.9. The van der Waals surface area contributed by atoms with Crippen molar-refractivity contribution in [3.05, 3.63) is 24.3 Å². The van der Waals surface area contributed by atoms with E-state index >= 15 is 0 Å². The molecule has 0 aromatic rings. The van der Waals surface area contributed by atoms with Crippen LogP contribution in [0.15, 0.2) is 24.3 Å². The first-order valence-electron chi connectivity index (χ1n) is 8.02. The Hall–Kier alpha value is -1.58. The van der Waals surface area contributed by atoms with Crippen molar-refractivity contribution in [2.24, 2.45) is 11.8 Å². The summed E-state index contributed by atoms with van der Waals surface area (Å²) in [7, 11) is 0. The summed E-state index contributed by atoms with van der Waals surface area (Å²) >= 11 is 0. The highest BCUT2D eigenvalue weighted by Crippen LogP contribution is 2.30. The Bertz CT molecular complexity index is 377. The molecule has 1 fully saturated rings. The van der Waals surface area contributed by atoms with E-state index in [0.29, 0.717) is 51.7 Å². The lowest BCUT2D eigenvalue weighted by molar-refractivity contribution is -0.155. The molecule has 1 aliphatic carbocycles. The molecule has 22 heavy (non-hydrogen) atoms. The molecule has 0 saturated heterocycles. The Kier molecular flexibility index (Phi) is 7.92. The summed E-state index contributed by atoms with van der Waals surface area (Å²) in [6.07, 6.45) is 4.21. The van der Waals surface area contributed by atoms with Crippen molar-refractivity contribution < 1.29 is 19.1 Å². The molecule has 1 aliphatic rings. The molecule has 1 saturated carbocycles. The average Bonchev–Trinajstić information content (AvgIpc) is 2.46. The van der Waals surface area contributed by atoms with Crippen LogP contribution < -0.4 is 0 Å². The summed E-state index contributed by atoms with van der Waals surface area (Å²) in [6.45, 7) is 12.2. The number of ether oxygens (including phenoxy) is 2. The van der Waals surface area contributed by atoms with Gasteiger partial charge in [0.15, 0.2) is 0 Å². The third-order valence-electron chi connectivity index (χ3n) is 3.94. The van der Waals surface area contributed by atoms with Crippen molar-refractivity contribution in [2.45, 2.75) is 52.4 Å². The van der Waals surface area contributed by atoms with Gasteiger partial charge in [0.2, 0.25) is 0 Å². The largest absolute Gasteiger partial charge is 0.465 e. The Morgan fingerprint density at radius 2 is 1.14 bits per heavy atom. The fraction of sp³-hybridized carbons (Fsp3) is 0.667. The first kappa shape index (κ1) is 18.5. The van der Waals surface area contributed by atoms with Gasteiger partial charge in [0.25, 0.3) is 0 Å². The van der Waals surface area contributed by atoms with Crippen LogP contribution >= 0.6 is 0 Å². The summed E-state index contributed by atoms with van der Waals surface area (Å²) in [4.78, 5) is 23.9. The molecular formula is C18H28O4. The second kappa shape index (κ2) is 9.44. The van der Waals surface area contributed by atoms with Crippen LogP contribution in [0, 0.1) is 11.8 Å². The van der Waals surface area contributed by atoms with Crippen LogP contribution in [0.3, 0.4) is 0 Å². The summed E-state index contributed by atoms with van der Waals surface area (Å²) in [5, 5.41) is 0. The zero-order valence-electron chi connectivity index (χ0n) is 13.9. The van der Waals surface area contributed by atoms with Crippen LogP contribution in [0.25, 0.3) is 0 Å². The topological polar surface area (TPSA) is 52.6 Å². The fourth-order valence-corrected chi connectivity index (χ4v) is 2.45. The molecule has 0 aromatic carbocycles. The number of rotatable bonds is 8. The quantitative estimate of drug-likeness (QED) is 0.505. The lowest BCUT2D eigenvalue weighted by Gasteiger charge is -2.26. The van der Waals surface area contributed by atoms with Crippen LogP contribution in [0.5, 0.6) is 0 Å². The van der Waals surface area contributed by atoms with Gasteiger partial charge in [0, 0.05) is 12.8 Å². The van der Waals surface area contributed by atoms with Gasteiger partial charge in [-0.15, -0.1) is 13.2 Å². The molecule has 4 heteroatoms. The molecule has 0 heterocycles. The predicted octanol–water partition coefficient (Wildman–Crippen LogP) is 3.81. The zero-order chi connectivity index (χ0) is 16.5. The van der Waals surface area contributed by atoms with Crippen molar-refractivity contribution in [1.29, 1.82) is 0 Å². The van der Waals surface area contributed by atoms with Gasteiger partial charge < -0.3 is 9.47 Å². The first-order valence-corrected chi connectivity index (χ1v) is 8.02. The number of hydrogen-bond acceptors (Lipinski definition) is 4. The lowest BCUT2D eigenvalue weighted by Crippen LogP contribution is -2.28. The van der Waals surface area contributed by atoms with Crippen LogP contribution in [0.4, 0.5) is 0 Å². The van der Waals surface area contributed by atoms with Crippen molar-refractivity contribution >= 4 is 11.9 Å². The molecule has 4 nitrogen and oxygen atoms in total. The van der Waals surface area contributed by atoms with Crippen molar-refractivity contribution in [3.63, 3.8) is 0 Å². The minimum atomic E-state index is -0.143. The molecule has 0 radical (unpaired) electrons. The number of carbonyl (C=O) groups is 2. The highest BCUT2D eigenvalue weighted by molar-refractivity contribution is 5.75. The number of carbonyl (C=O) groups excluding carboxylic acids is 2. The van der Waals surface area contributed by atoms with Crippen LogP contribution in [0.1, 0.15) is 52.4 Å². The molecular weight excluding hydrogens is 280 g/mol. The molecule has 0 aliphatic heterocycles. The van der Waals surface area contributed by atoms with Crippen molar-refractivity contribution in [1.82, 2.24) is 0 Å². The Morgan fingerprint density at radius 1 is 0.818 bits per heavy atom. The standard InChI is InChI=1S/C18H28O4/c1-13(2)9-11-21-17(19)15-5-7-16(8-6-15)18(20)22-12-10-14(3)4/h15-16H,1,3,5-12H2,2,4H3. The van der Waals surface area contributed by atoms with Gasteiger partial charge in [-0.3, -0.25) is 9.59 Å². The van der Waals surface area contributed by atoms with Crippen molar-refractivity contribution in [3.8, 4) is 0 Å². The minimum Gasteiger partial charge on any atom is -0.465 e. The molecule has 1 rings (SSSR count). The highest BCUT2D eigenvalue weighted by Gasteiger charge is 2.31.